The number of ether oxygens (including phenoxy) is 2. The predicted molar refractivity (Wildman–Crippen MR) is 89.0 cm³/mol. The first-order chi connectivity index (χ1) is 12.1. The van der Waals surface area contributed by atoms with Crippen molar-refractivity contribution in [2.75, 3.05) is 26.8 Å². The van der Waals surface area contributed by atoms with Crippen LogP contribution in [0.25, 0.3) is 0 Å². The second kappa shape index (κ2) is 7.44. The normalized spacial score (nSPS) is 17.2. The van der Waals surface area contributed by atoms with Gasteiger partial charge in [-0.3, -0.25) is 9.59 Å². The molecule has 1 heterocycles. The summed E-state index contributed by atoms with van der Waals surface area (Å²) in [6.45, 7) is 0.913. The lowest BCUT2D eigenvalue weighted by molar-refractivity contribution is -0.134. The van der Waals surface area contributed by atoms with Crippen LogP contribution in [0.4, 0.5) is 4.39 Å². The van der Waals surface area contributed by atoms with Crippen LogP contribution >= 0.6 is 0 Å². The fourth-order valence-electron chi connectivity index (χ4n) is 2.82. The zero-order valence-electron chi connectivity index (χ0n) is 13.8. The molecule has 1 unspecified atom stereocenters. The van der Waals surface area contributed by atoms with Gasteiger partial charge in [0.2, 0.25) is 0 Å². The van der Waals surface area contributed by atoms with Crippen molar-refractivity contribution < 1.29 is 23.5 Å². The zero-order chi connectivity index (χ0) is 17.8. The Morgan fingerprint density at radius 1 is 1.20 bits per heavy atom. The number of hydrogen-bond acceptors (Lipinski definition) is 4. The van der Waals surface area contributed by atoms with E-state index in [-0.39, 0.29) is 24.0 Å². The molecule has 1 aliphatic heterocycles. The van der Waals surface area contributed by atoms with Crippen LogP contribution in [-0.4, -0.2) is 43.4 Å². The minimum atomic E-state index is -0.787. The van der Waals surface area contributed by atoms with E-state index in [1.165, 1.54) is 24.1 Å². The molecule has 1 atom stereocenters. The largest absolute Gasteiger partial charge is 0.496 e. The third-order valence-electron chi connectivity index (χ3n) is 4.13. The van der Waals surface area contributed by atoms with E-state index in [4.69, 9.17) is 9.47 Å². The van der Waals surface area contributed by atoms with E-state index < -0.39 is 17.5 Å². The number of rotatable bonds is 4. The lowest BCUT2D eigenvalue weighted by Crippen LogP contribution is -2.45. The number of amides is 1. The Hall–Kier alpha value is -2.73. The first-order valence-electron chi connectivity index (χ1n) is 7.94. The van der Waals surface area contributed by atoms with E-state index in [9.17, 15) is 14.0 Å². The summed E-state index contributed by atoms with van der Waals surface area (Å²) in [4.78, 5) is 26.6. The molecular weight excluding hydrogens is 325 g/mol. The molecule has 0 aliphatic carbocycles. The van der Waals surface area contributed by atoms with Gasteiger partial charge < -0.3 is 14.4 Å². The number of nitrogens with zero attached hydrogens (tertiary/aromatic N) is 1. The summed E-state index contributed by atoms with van der Waals surface area (Å²) in [6.07, 6.45) is -0.291. The molecule has 6 heteroatoms. The van der Waals surface area contributed by atoms with E-state index in [0.717, 1.165) is 11.6 Å². The molecular formula is C19H18FNO4. The summed E-state index contributed by atoms with van der Waals surface area (Å²) in [5.41, 5.74) is 0.867. The maximum absolute atomic E-state index is 13.5. The van der Waals surface area contributed by atoms with Crippen LogP contribution in [0.15, 0.2) is 48.5 Å². The summed E-state index contributed by atoms with van der Waals surface area (Å²) in [6, 6.07) is 13.0. The van der Waals surface area contributed by atoms with Gasteiger partial charge in [-0.25, -0.2) is 4.39 Å². The molecule has 2 aromatic rings. The topological polar surface area (TPSA) is 55.8 Å². The Morgan fingerprint density at radius 2 is 1.96 bits per heavy atom. The van der Waals surface area contributed by atoms with Gasteiger partial charge in [-0.1, -0.05) is 30.3 Å². The molecule has 0 radical (unpaired) electrons. The number of methoxy groups -OCH3 is 1. The van der Waals surface area contributed by atoms with E-state index in [0.29, 0.717) is 13.2 Å². The van der Waals surface area contributed by atoms with Crippen molar-refractivity contribution in [3.63, 3.8) is 0 Å². The highest BCUT2D eigenvalue weighted by Crippen LogP contribution is 2.24. The highest BCUT2D eigenvalue weighted by atomic mass is 19.1. The maximum atomic E-state index is 13.5. The monoisotopic (exact) mass is 343 g/mol. The van der Waals surface area contributed by atoms with Crippen molar-refractivity contribution in [3.05, 3.63) is 65.5 Å². The first kappa shape index (κ1) is 17.1. The summed E-state index contributed by atoms with van der Waals surface area (Å²) in [5.74, 6) is -1.90. The molecule has 2 aromatic carbocycles. The van der Waals surface area contributed by atoms with Gasteiger partial charge in [-0.15, -0.1) is 0 Å². The van der Waals surface area contributed by atoms with Crippen LogP contribution in [0.5, 0.6) is 5.75 Å². The summed E-state index contributed by atoms with van der Waals surface area (Å²) in [5, 5.41) is 0. The van der Waals surface area contributed by atoms with Crippen molar-refractivity contribution in [2.24, 2.45) is 0 Å². The molecule has 1 amide bonds. The fraction of sp³-hybridized carbons (Fsp3) is 0.263. The molecule has 0 aromatic heterocycles. The highest BCUT2D eigenvalue weighted by Gasteiger charge is 2.31. The highest BCUT2D eigenvalue weighted by molar-refractivity contribution is 6.43. The number of carbonyl (C=O) groups excluding carboxylic acids is 2. The summed E-state index contributed by atoms with van der Waals surface area (Å²) >= 11 is 0. The second-order valence-electron chi connectivity index (χ2n) is 5.70. The van der Waals surface area contributed by atoms with Crippen LogP contribution in [0.1, 0.15) is 22.0 Å². The smallest absolute Gasteiger partial charge is 0.295 e. The van der Waals surface area contributed by atoms with Crippen molar-refractivity contribution in [1.82, 2.24) is 4.90 Å². The quantitative estimate of drug-likeness (QED) is 0.633. The molecule has 0 N–H and O–H groups in total. The Morgan fingerprint density at radius 3 is 2.68 bits per heavy atom. The summed E-state index contributed by atoms with van der Waals surface area (Å²) in [7, 11) is 1.37. The van der Waals surface area contributed by atoms with Crippen molar-refractivity contribution in [3.8, 4) is 5.75 Å². The zero-order valence-corrected chi connectivity index (χ0v) is 13.8. The minimum absolute atomic E-state index is 0.0738. The van der Waals surface area contributed by atoms with E-state index in [1.807, 2.05) is 30.3 Å². The van der Waals surface area contributed by atoms with Gasteiger partial charge in [0, 0.05) is 6.54 Å². The van der Waals surface area contributed by atoms with Crippen LogP contribution in [0.3, 0.4) is 0 Å². The van der Waals surface area contributed by atoms with Gasteiger partial charge in [-0.05, 0) is 23.8 Å². The lowest BCUT2D eigenvalue weighted by Gasteiger charge is -2.32. The van der Waals surface area contributed by atoms with E-state index >= 15 is 0 Å². The van der Waals surface area contributed by atoms with Gasteiger partial charge in [0.25, 0.3) is 11.7 Å². The molecule has 1 saturated heterocycles. The minimum Gasteiger partial charge on any atom is -0.496 e. The van der Waals surface area contributed by atoms with E-state index in [1.54, 1.807) is 0 Å². The van der Waals surface area contributed by atoms with Crippen molar-refractivity contribution in [1.29, 1.82) is 0 Å². The Kier molecular flexibility index (Phi) is 5.09. The number of carbonyl (C=O) groups is 2. The second-order valence-corrected chi connectivity index (χ2v) is 5.70. The third kappa shape index (κ3) is 3.69. The molecule has 0 saturated carbocycles. The van der Waals surface area contributed by atoms with Crippen LogP contribution in [0.2, 0.25) is 0 Å². The first-order valence-corrected chi connectivity index (χ1v) is 7.94. The van der Waals surface area contributed by atoms with Gasteiger partial charge in [0.15, 0.2) is 0 Å². The molecule has 1 fully saturated rings. The Labute approximate surface area is 145 Å². The number of morpholine rings is 1. The SMILES string of the molecule is COc1ccc(F)cc1C(=O)C(=O)N1CCOC(c2ccccc2)C1. The van der Waals surface area contributed by atoms with Crippen LogP contribution < -0.4 is 4.74 Å². The molecule has 1 aliphatic rings. The maximum Gasteiger partial charge on any atom is 0.295 e. The molecule has 3 rings (SSSR count). The number of hydrogen-bond donors (Lipinski definition) is 0. The lowest BCUT2D eigenvalue weighted by atomic mass is 10.1. The molecule has 130 valence electrons. The Bertz CT molecular complexity index is 778. The number of Topliss-reactive ketones (excluding diaryl/α,β-unsaturated/α-hetero) is 1. The van der Waals surface area contributed by atoms with Crippen LogP contribution in [-0.2, 0) is 9.53 Å². The molecule has 5 nitrogen and oxygen atoms in total. The van der Waals surface area contributed by atoms with Crippen molar-refractivity contribution in [2.45, 2.75) is 6.10 Å². The predicted octanol–water partition coefficient (Wildman–Crippen LogP) is 2.62. The molecule has 0 bridgehead atoms. The van der Waals surface area contributed by atoms with Crippen LogP contribution in [0, 0.1) is 5.82 Å². The summed E-state index contributed by atoms with van der Waals surface area (Å²) < 4.78 is 24.3. The standard InChI is InChI=1S/C19H18FNO4/c1-24-16-8-7-14(20)11-15(16)18(22)19(23)21-9-10-25-17(12-21)13-5-3-2-4-6-13/h2-8,11,17H,9-10,12H2,1H3. The number of ketones is 1. The van der Waals surface area contributed by atoms with Crippen molar-refractivity contribution >= 4 is 11.7 Å². The average Bonchev–Trinajstić information content (AvgIpc) is 2.67. The number of benzene rings is 2. The molecule has 0 spiro atoms. The van der Waals surface area contributed by atoms with Gasteiger partial charge in [0.05, 0.1) is 25.8 Å². The molecule has 25 heavy (non-hydrogen) atoms. The van der Waals surface area contributed by atoms with Gasteiger partial charge in [0.1, 0.15) is 17.7 Å². The Balaban J connectivity index is 1.78. The van der Waals surface area contributed by atoms with Gasteiger partial charge in [-0.2, -0.15) is 0 Å². The van der Waals surface area contributed by atoms with Gasteiger partial charge >= 0.3 is 0 Å². The third-order valence-corrected chi connectivity index (χ3v) is 4.13. The fourth-order valence-corrected chi connectivity index (χ4v) is 2.82. The number of halogens is 1. The average molecular weight is 343 g/mol. The van der Waals surface area contributed by atoms with E-state index in [2.05, 4.69) is 0 Å².